The first-order valence-electron chi connectivity index (χ1n) is 5.86. The summed E-state index contributed by atoms with van der Waals surface area (Å²) in [5.41, 5.74) is 0. The largest absolute Gasteiger partial charge is 0.362 e. The predicted octanol–water partition coefficient (Wildman–Crippen LogP) is 0.779. The molecule has 1 atom stereocenters. The fourth-order valence-electron chi connectivity index (χ4n) is 2.18. The number of carbonyl (C=O) groups excluding carboxylic acids is 1. The highest BCUT2D eigenvalue weighted by Crippen LogP contribution is 2.10. The lowest BCUT2D eigenvalue weighted by Gasteiger charge is -2.21. The van der Waals surface area contributed by atoms with Gasteiger partial charge in [-0.2, -0.15) is 0 Å². The van der Waals surface area contributed by atoms with E-state index in [4.69, 9.17) is 0 Å². The van der Waals surface area contributed by atoms with E-state index in [0.717, 1.165) is 51.2 Å². The Morgan fingerprint density at radius 1 is 1.40 bits per heavy atom. The number of nitrogens with one attached hydrogen (secondary N) is 1. The zero-order valence-corrected chi connectivity index (χ0v) is 9.33. The second kappa shape index (κ2) is 4.64. The van der Waals surface area contributed by atoms with E-state index in [2.05, 4.69) is 10.3 Å². The molecule has 0 saturated carbocycles. The van der Waals surface area contributed by atoms with Crippen LogP contribution in [0.3, 0.4) is 0 Å². The molecule has 2 rings (SSSR count). The van der Waals surface area contributed by atoms with Crippen LogP contribution in [0.15, 0.2) is 4.99 Å². The molecular weight excluding hydrogens is 190 g/mol. The van der Waals surface area contributed by atoms with E-state index in [1.54, 1.807) is 0 Å². The van der Waals surface area contributed by atoms with E-state index in [1.165, 1.54) is 0 Å². The monoisotopic (exact) mass is 209 g/mol. The standard InChI is InChI=1S/C11H19N3O/c1-9(13-10-5-4-6-12-10)11(15)14-7-2-3-8-14/h9H,2-8H2,1H3,(H,12,13). The maximum atomic E-state index is 11.9. The van der Waals surface area contributed by atoms with Gasteiger partial charge >= 0.3 is 0 Å². The number of likely N-dealkylation sites (tertiary alicyclic amines) is 1. The van der Waals surface area contributed by atoms with Crippen LogP contribution in [-0.2, 0) is 4.79 Å². The van der Waals surface area contributed by atoms with Gasteiger partial charge in [-0.3, -0.25) is 9.79 Å². The van der Waals surface area contributed by atoms with Crippen molar-refractivity contribution in [1.29, 1.82) is 0 Å². The smallest absolute Gasteiger partial charge is 0.244 e. The van der Waals surface area contributed by atoms with Crippen molar-refractivity contribution in [2.45, 2.75) is 38.6 Å². The first-order valence-corrected chi connectivity index (χ1v) is 5.86. The molecule has 15 heavy (non-hydrogen) atoms. The van der Waals surface area contributed by atoms with Crippen LogP contribution < -0.4 is 5.32 Å². The van der Waals surface area contributed by atoms with E-state index in [-0.39, 0.29) is 11.9 Å². The van der Waals surface area contributed by atoms with Crippen molar-refractivity contribution in [2.24, 2.45) is 4.99 Å². The minimum absolute atomic E-state index is 0.111. The van der Waals surface area contributed by atoms with Crippen molar-refractivity contribution < 1.29 is 4.79 Å². The summed E-state index contributed by atoms with van der Waals surface area (Å²) in [5.74, 6) is 1.23. The Kier molecular flexibility index (Phi) is 3.23. The fourth-order valence-corrected chi connectivity index (χ4v) is 2.18. The Balaban J connectivity index is 1.83. The van der Waals surface area contributed by atoms with Crippen LogP contribution in [0.25, 0.3) is 0 Å². The van der Waals surface area contributed by atoms with Crippen molar-refractivity contribution in [1.82, 2.24) is 10.2 Å². The fraction of sp³-hybridized carbons (Fsp3) is 0.818. The highest BCUT2D eigenvalue weighted by molar-refractivity contribution is 5.90. The number of hydrogen-bond acceptors (Lipinski definition) is 3. The molecular formula is C11H19N3O. The molecule has 0 bridgehead atoms. The normalized spacial score (nSPS) is 22.7. The third kappa shape index (κ3) is 2.49. The highest BCUT2D eigenvalue weighted by Gasteiger charge is 2.24. The molecule has 2 aliphatic rings. The van der Waals surface area contributed by atoms with Gasteiger partial charge in [0.05, 0.1) is 5.84 Å². The lowest BCUT2D eigenvalue weighted by Crippen LogP contribution is -2.45. The number of amides is 1. The van der Waals surface area contributed by atoms with E-state index in [9.17, 15) is 4.79 Å². The molecule has 84 valence electrons. The molecule has 2 heterocycles. The minimum atomic E-state index is -0.111. The molecule has 1 saturated heterocycles. The first kappa shape index (κ1) is 10.5. The Bertz CT molecular complexity index is 269. The van der Waals surface area contributed by atoms with Crippen LogP contribution in [0.4, 0.5) is 0 Å². The Morgan fingerprint density at radius 2 is 2.13 bits per heavy atom. The van der Waals surface area contributed by atoms with E-state index in [1.807, 2.05) is 11.8 Å². The maximum absolute atomic E-state index is 11.9. The number of nitrogens with zero attached hydrogens (tertiary/aromatic N) is 2. The van der Waals surface area contributed by atoms with Crippen molar-refractivity contribution in [3.05, 3.63) is 0 Å². The Labute approximate surface area is 90.7 Å². The average molecular weight is 209 g/mol. The highest BCUT2D eigenvalue weighted by atomic mass is 16.2. The topological polar surface area (TPSA) is 44.7 Å². The molecule has 0 aromatic rings. The number of aliphatic imine (C=N–C) groups is 1. The average Bonchev–Trinajstić information content (AvgIpc) is 2.88. The summed E-state index contributed by atoms with van der Waals surface area (Å²) in [6, 6.07) is -0.111. The van der Waals surface area contributed by atoms with Crippen LogP contribution in [0.2, 0.25) is 0 Å². The van der Waals surface area contributed by atoms with Gasteiger partial charge in [-0.15, -0.1) is 0 Å². The third-order valence-corrected chi connectivity index (χ3v) is 3.05. The summed E-state index contributed by atoms with van der Waals surface area (Å²) in [7, 11) is 0. The maximum Gasteiger partial charge on any atom is 0.244 e. The van der Waals surface area contributed by atoms with Crippen LogP contribution in [0.5, 0.6) is 0 Å². The van der Waals surface area contributed by atoms with Crippen LogP contribution in [0, 0.1) is 0 Å². The van der Waals surface area contributed by atoms with Crippen molar-refractivity contribution in [3.8, 4) is 0 Å². The molecule has 2 aliphatic heterocycles. The number of hydrogen-bond donors (Lipinski definition) is 1. The lowest BCUT2D eigenvalue weighted by molar-refractivity contribution is -0.131. The van der Waals surface area contributed by atoms with Crippen molar-refractivity contribution in [3.63, 3.8) is 0 Å². The summed E-state index contributed by atoms with van der Waals surface area (Å²) < 4.78 is 0. The van der Waals surface area contributed by atoms with Crippen LogP contribution in [0.1, 0.15) is 32.6 Å². The molecule has 0 radical (unpaired) electrons. The van der Waals surface area contributed by atoms with Gasteiger partial charge in [-0.1, -0.05) is 0 Å². The minimum Gasteiger partial charge on any atom is -0.362 e. The zero-order chi connectivity index (χ0) is 10.7. The van der Waals surface area contributed by atoms with Crippen LogP contribution >= 0.6 is 0 Å². The van der Waals surface area contributed by atoms with E-state index in [0.29, 0.717) is 0 Å². The molecule has 1 N–H and O–H groups in total. The first-order chi connectivity index (χ1) is 7.27. The van der Waals surface area contributed by atoms with Gasteiger partial charge in [0, 0.05) is 26.1 Å². The quantitative estimate of drug-likeness (QED) is 0.730. The second-order valence-electron chi connectivity index (χ2n) is 4.33. The van der Waals surface area contributed by atoms with Gasteiger partial charge in [0.25, 0.3) is 0 Å². The van der Waals surface area contributed by atoms with Crippen molar-refractivity contribution >= 4 is 11.7 Å². The van der Waals surface area contributed by atoms with Crippen molar-refractivity contribution in [2.75, 3.05) is 19.6 Å². The van der Waals surface area contributed by atoms with Gasteiger partial charge in [-0.05, 0) is 26.2 Å². The molecule has 4 heteroatoms. The predicted molar refractivity (Wildman–Crippen MR) is 59.9 cm³/mol. The van der Waals surface area contributed by atoms with Gasteiger partial charge in [-0.25, -0.2) is 0 Å². The molecule has 0 aliphatic carbocycles. The van der Waals surface area contributed by atoms with E-state index < -0.39 is 0 Å². The summed E-state index contributed by atoms with van der Waals surface area (Å²) in [5, 5.41) is 3.21. The molecule has 1 amide bonds. The van der Waals surface area contributed by atoms with E-state index >= 15 is 0 Å². The summed E-state index contributed by atoms with van der Waals surface area (Å²) >= 11 is 0. The number of rotatable bonds is 2. The van der Waals surface area contributed by atoms with Crippen LogP contribution in [-0.4, -0.2) is 42.3 Å². The third-order valence-electron chi connectivity index (χ3n) is 3.05. The lowest BCUT2D eigenvalue weighted by atomic mass is 10.2. The summed E-state index contributed by atoms with van der Waals surface area (Å²) in [6.45, 7) is 4.70. The summed E-state index contributed by atoms with van der Waals surface area (Å²) in [6.07, 6.45) is 4.42. The molecule has 4 nitrogen and oxygen atoms in total. The zero-order valence-electron chi connectivity index (χ0n) is 9.33. The molecule has 1 unspecified atom stereocenters. The van der Waals surface area contributed by atoms with Gasteiger partial charge < -0.3 is 10.2 Å². The molecule has 0 spiro atoms. The number of carbonyl (C=O) groups is 1. The van der Waals surface area contributed by atoms with Gasteiger partial charge in [0.1, 0.15) is 6.04 Å². The summed E-state index contributed by atoms with van der Waals surface area (Å²) in [4.78, 5) is 18.2. The molecule has 0 aromatic heterocycles. The second-order valence-corrected chi connectivity index (χ2v) is 4.33. The Hall–Kier alpha value is -1.06. The number of amidine groups is 1. The molecule has 1 fully saturated rings. The van der Waals surface area contributed by atoms with Gasteiger partial charge in [0.15, 0.2) is 0 Å². The Morgan fingerprint density at radius 3 is 2.73 bits per heavy atom. The van der Waals surface area contributed by atoms with Gasteiger partial charge in [0.2, 0.25) is 5.91 Å². The SMILES string of the molecule is CC(NC1=NCCC1)C(=O)N1CCCC1. The molecule has 0 aromatic carbocycles.